The largest absolute Gasteiger partial charge is 0.481 e. The highest BCUT2D eigenvalue weighted by atomic mass is 16.6. The second-order valence-corrected chi connectivity index (χ2v) is 2.32. The number of rotatable bonds is 3. The first kappa shape index (κ1) is 10.0. The summed E-state index contributed by atoms with van der Waals surface area (Å²) in [6, 6.07) is 0. The molecule has 0 aliphatic carbocycles. The van der Waals surface area contributed by atoms with Crippen LogP contribution in [0.3, 0.4) is 0 Å². The third-order valence-electron chi connectivity index (χ3n) is 1.44. The number of aliphatic hydroxyl groups excluding tert-OH is 1. The summed E-state index contributed by atoms with van der Waals surface area (Å²) in [7, 11) is 0. The normalized spacial score (nSPS) is 12.3. The third kappa shape index (κ3) is 3.65. The maximum Gasteiger partial charge on any atom is 0.282 e. The van der Waals surface area contributed by atoms with E-state index in [0.717, 1.165) is 12.0 Å². The summed E-state index contributed by atoms with van der Waals surface area (Å²) in [5, 5.41) is 16.3. The van der Waals surface area contributed by atoms with E-state index >= 15 is 0 Å². The molecule has 0 aromatic rings. The average Bonchev–Trinajstić information content (AvgIpc) is 2.02. The predicted molar refractivity (Wildman–Crippen MR) is 44.7 cm³/mol. The van der Waals surface area contributed by atoms with Crippen LogP contribution in [0.15, 0.2) is 11.5 Å². The molecule has 0 spiro atoms. The monoisotopic (exact) mass is 157 g/mol. The molecule has 3 nitrogen and oxygen atoms in total. The van der Waals surface area contributed by atoms with Gasteiger partial charge in [-0.3, -0.25) is 5.41 Å². The van der Waals surface area contributed by atoms with E-state index in [1.165, 1.54) is 0 Å². The number of hydrogen-bond acceptors (Lipinski definition) is 3. The number of ether oxygens (including phenoxy) is 1. The molecule has 2 N–H and O–H groups in total. The van der Waals surface area contributed by atoms with Crippen LogP contribution < -0.4 is 0 Å². The van der Waals surface area contributed by atoms with Crippen LogP contribution in [0.5, 0.6) is 0 Å². The summed E-state index contributed by atoms with van der Waals surface area (Å²) in [6.07, 6.45) is 1.24. The molecule has 0 saturated carbocycles. The quantitative estimate of drug-likeness (QED) is 0.376. The number of allylic oxidation sites excluding steroid dienone is 1. The van der Waals surface area contributed by atoms with Gasteiger partial charge in [-0.2, -0.15) is 0 Å². The maximum absolute atomic E-state index is 9.14. The van der Waals surface area contributed by atoms with Crippen molar-refractivity contribution in [3.05, 3.63) is 11.5 Å². The van der Waals surface area contributed by atoms with Crippen LogP contribution in [0, 0.1) is 5.41 Å². The molecular weight excluding hydrogens is 142 g/mol. The molecule has 64 valence electrons. The van der Waals surface area contributed by atoms with Gasteiger partial charge >= 0.3 is 0 Å². The van der Waals surface area contributed by atoms with Crippen molar-refractivity contribution < 1.29 is 9.84 Å². The summed E-state index contributed by atoms with van der Waals surface area (Å²) in [4.78, 5) is 0. The Hall–Kier alpha value is -0.990. The highest BCUT2D eigenvalue weighted by Gasteiger charge is 2.01. The van der Waals surface area contributed by atoms with Gasteiger partial charge in [0.2, 0.25) is 0 Å². The smallest absolute Gasteiger partial charge is 0.282 e. The van der Waals surface area contributed by atoms with Crippen molar-refractivity contribution in [3.8, 4) is 0 Å². The van der Waals surface area contributed by atoms with Crippen molar-refractivity contribution in [2.24, 2.45) is 0 Å². The lowest BCUT2D eigenvalue weighted by molar-refractivity contribution is 0.188. The van der Waals surface area contributed by atoms with Crippen LogP contribution in [0.2, 0.25) is 0 Å². The summed E-state index contributed by atoms with van der Waals surface area (Å²) < 4.78 is 4.77. The molecule has 0 aromatic heterocycles. The SMILES string of the molecule is CCC(=N)O/C(O)=C(\C)CC. The Morgan fingerprint density at radius 3 is 2.27 bits per heavy atom. The fraction of sp³-hybridized carbons (Fsp3) is 0.625. The highest BCUT2D eigenvalue weighted by Crippen LogP contribution is 2.06. The zero-order valence-corrected chi connectivity index (χ0v) is 7.27. The Bertz CT molecular complexity index is 173. The van der Waals surface area contributed by atoms with Gasteiger partial charge in [0.1, 0.15) is 0 Å². The molecule has 11 heavy (non-hydrogen) atoms. The van der Waals surface area contributed by atoms with Crippen molar-refractivity contribution in [1.82, 2.24) is 0 Å². The Kier molecular flexibility index (Phi) is 4.34. The summed E-state index contributed by atoms with van der Waals surface area (Å²) in [6.45, 7) is 5.50. The van der Waals surface area contributed by atoms with Crippen LogP contribution in [0.25, 0.3) is 0 Å². The first-order valence-corrected chi connectivity index (χ1v) is 3.75. The van der Waals surface area contributed by atoms with Gasteiger partial charge in [-0.15, -0.1) is 0 Å². The van der Waals surface area contributed by atoms with Crippen LogP contribution in [0.1, 0.15) is 33.6 Å². The van der Waals surface area contributed by atoms with E-state index in [1.807, 2.05) is 6.92 Å². The minimum absolute atomic E-state index is 0.0929. The molecule has 0 aromatic carbocycles. The zero-order chi connectivity index (χ0) is 8.85. The van der Waals surface area contributed by atoms with Crippen molar-refractivity contribution in [3.63, 3.8) is 0 Å². The van der Waals surface area contributed by atoms with Crippen molar-refractivity contribution in [1.29, 1.82) is 5.41 Å². The first-order chi connectivity index (χ1) is 5.11. The van der Waals surface area contributed by atoms with E-state index < -0.39 is 0 Å². The van der Waals surface area contributed by atoms with Crippen LogP contribution in [0.4, 0.5) is 0 Å². The van der Waals surface area contributed by atoms with E-state index in [4.69, 9.17) is 15.3 Å². The standard InChI is InChI=1S/C8H15NO2/c1-4-6(3)8(10)11-7(9)5-2/h9-10H,4-5H2,1-3H3/b8-6+,9-7?. The molecule has 0 fully saturated rings. The van der Waals surface area contributed by atoms with E-state index in [-0.39, 0.29) is 11.8 Å². The maximum atomic E-state index is 9.14. The van der Waals surface area contributed by atoms with Gasteiger partial charge in [-0.1, -0.05) is 13.8 Å². The second kappa shape index (κ2) is 4.77. The first-order valence-electron chi connectivity index (χ1n) is 3.75. The average molecular weight is 157 g/mol. The fourth-order valence-corrected chi connectivity index (χ4v) is 0.427. The van der Waals surface area contributed by atoms with Gasteiger partial charge in [-0.25, -0.2) is 0 Å². The molecule has 0 rings (SSSR count). The van der Waals surface area contributed by atoms with Gasteiger partial charge < -0.3 is 9.84 Å². The Morgan fingerprint density at radius 2 is 1.91 bits per heavy atom. The molecular formula is C8H15NO2. The minimum atomic E-state index is -0.126. The fourth-order valence-electron chi connectivity index (χ4n) is 0.427. The number of nitrogens with one attached hydrogen (secondary N) is 1. The highest BCUT2D eigenvalue weighted by molar-refractivity contribution is 5.73. The topological polar surface area (TPSA) is 53.3 Å². The molecule has 3 heteroatoms. The summed E-state index contributed by atoms with van der Waals surface area (Å²) in [5.41, 5.74) is 0.767. The number of hydrogen-bond donors (Lipinski definition) is 2. The predicted octanol–water partition coefficient (Wildman–Crippen LogP) is 2.59. The van der Waals surface area contributed by atoms with Crippen LogP contribution in [-0.4, -0.2) is 11.0 Å². The zero-order valence-electron chi connectivity index (χ0n) is 7.27. The van der Waals surface area contributed by atoms with Gasteiger partial charge in [0, 0.05) is 12.0 Å². The van der Waals surface area contributed by atoms with E-state index in [1.54, 1.807) is 13.8 Å². The van der Waals surface area contributed by atoms with E-state index in [2.05, 4.69) is 0 Å². The lowest BCUT2D eigenvalue weighted by Gasteiger charge is -2.05. The van der Waals surface area contributed by atoms with Crippen LogP contribution in [-0.2, 0) is 4.74 Å². The Balaban J connectivity index is 4.05. The van der Waals surface area contributed by atoms with E-state index in [9.17, 15) is 0 Å². The Morgan fingerprint density at radius 1 is 1.36 bits per heavy atom. The molecule has 0 unspecified atom stereocenters. The molecule has 0 atom stereocenters. The lowest BCUT2D eigenvalue weighted by Crippen LogP contribution is -2.02. The molecule has 0 bridgehead atoms. The molecule has 0 aliphatic heterocycles. The molecule has 0 heterocycles. The molecule has 0 radical (unpaired) electrons. The van der Waals surface area contributed by atoms with Crippen molar-refractivity contribution >= 4 is 5.90 Å². The van der Waals surface area contributed by atoms with Crippen LogP contribution >= 0.6 is 0 Å². The second-order valence-electron chi connectivity index (χ2n) is 2.32. The third-order valence-corrected chi connectivity index (χ3v) is 1.44. The summed E-state index contributed by atoms with van der Waals surface area (Å²) >= 11 is 0. The van der Waals surface area contributed by atoms with Crippen molar-refractivity contribution in [2.75, 3.05) is 0 Å². The van der Waals surface area contributed by atoms with Gasteiger partial charge in [0.05, 0.1) is 0 Å². The number of aliphatic hydroxyl groups is 1. The van der Waals surface area contributed by atoms with Crippen molar-refractivity contribution in [2.45, 2.75) is 33.6 Å². The lowest BCUT2D eigenvalue weighted by atomic mass is 10.2. The van der Waals surface area contributed by atoms with Gasteiger partial charge in [0.15, 0.2) is 5.90 Å². The molecule has 0 saturated heterocycles. The van der Waals surface area contributed by atoms with Gasteiger partial charge in [0.25, 0.3) is 5.95 Å². The molecule has 0 aliphatic rings. The summed E-state index contributed by atoms with van der Waals surface area (Å²) in [5.74, 6) is -0.0327. The molecule has 0 amide bonds. The van der Waals surface area contributed by atoms with E-state index in [0.29, 0.717) is 6.42 Å². The van der Waals surface area contributed by atoms with Gasteiger partial charge in [-0.05, 0) is 13.3 Å². The minimum Gasteiger partial charge on any atom is -0.481 e. The Labute approximate surface area is 67.2 Å².